The number of carboxylic acids is 1. The lowest BCUT2D eigenvalue weighted by Gasteiger charge is -2.19. The number of carboxylic acid groups (broad SMARTS) is 1. The van der Waals surface area contributed by atoms with Crippen molar-refractivity contribution in [1.82, 2.24) is 5.32 Å². The molecule has 1 atom stereocenters. The molecule has 1 N–H and O–H groups in total. The van der Waals surface area contributed by atoms with E-state index in [4.69, 9.17) is 11.6 Å². The van der Waals surface area contributed by atoms with Gasteiger partial charge in [0, 0.05) is 22.5 Å². The first-order chi connectivity index (χ1) is 12.0. The lowest BCUT2D eigenvalue weighted by Crippen LogP contribution is -2.34. The van der Waals surface area contributed by atoms with Crippen molar-refractivity contribution < 1.29 is 19.1 Å². The molecule has 0 saturated carbocycles. The van der Waals surface area contributed by atoms with Crippen molar-refractivity contribution in [2.45, 2.75) is 12.5 Å². The van der Waals surface area contributed by atoms with E-state index in [0.29, 0.717) is 15.5 Å². The number of fused-ring (bicyclic) bond motifs is 1. The van der Waals surface area contributed by atoms with Crippen molar-refractivity contribution >= 4 is 44.9 Å². The van der Waals surface area contributed by atoms with Crippen LogP contribution < -0.4 is 10.4 Å². The van der Waals surface area contributed by atoms with Gasteiger partial charge in [0.2, 0.25) is 0 Å². The summed E-state index contributed by atoms with van der Waals surface area (Å²) in [7, 11) is 0. The van der Waals surface area contributed by atoms with Gasteiger partial charge in [0.15, 0.2) is 0 Å². The van der Waals surface area contributed by atoms with E-state index in [1.807, 2.05) is 24.3 Å². The number of amides is 1. The third kappa shape index (κ3) is 3.81. The van der Waals surface area contributed by atoms with Gasteiger partial charge in [-0.25, -0.2) is 4.39 Å². The number of thiophene rings is 1. The Hall–Kier alpha value is -2.44. The molecule has 0 aliphatic heterocycles. The van der Waals surface area contributed by atoms with Gasteiger partial charge >= 0.3 is 0 Å². The van der Waals surface area contributed by atoms with Crippen LogP contribution in [0.2, 0.25) is 5.02 Å². The van der Waals surface area contributed by atoms with Gasteiger partial charge in [0.1, 0.15) is 10.7 Å². The van der Waals surface area contributed by atoms with Crippen molar-refractivity contribution in [3.63, 3.8) is 0 Å². The average molecular weight is 377 g/mol. The topological polar surface area (TPSA) is 69.2 Å². The van der Waals surface area contributed by atoms with Crippen LogP contribution in [-0.4, -0.2) is 11.9 Å². The van der Waals surface area contributed by atoms with Crippen LogP contribution in [0.4, 0.5) is 4.39 Å². The number of carbonyl (C=O) groups excluding carboxylic acids is 2. The molecule has 1 aromatic heterocycles. The van der Waals surface area contributed by atoms with Crippen molar-refractivity contribution in [1.29, 1.82) is 0 Å². The molecule has 0 fully saturated rings. The van der Waals surface area contributed by atoms with Crippen LogP contribution in [-0.2, 0) is 4.79 Å². The fourth-order valence-corrected chi connectivity index (χ4v) is 3.92. The van der Waals surface area contributed by atoms with Gasteiger partial charge in [-0.1, -0.05) is 41.9 Å². The quantitative estimate of drug-likeness (QED) is 0.742. The van der Waals surface area contributed by atoms with Crippen LogP contribution in [0.15, 0.2) is 48.5 Å². The molecule has 7 heteroatoms. The minimum absolute atomic E-state index is 0.299. The fraction of sp³-hybridized carbons (Fsp3) is 0.111. The summed E-state index contributed by atoms with van der Waals surface area (Å²) in [4.78, 5) is 23.9. The zero-order chi connectivity index (χ0) is 18.0. The predicted octanol–water partition coefficient (Wildman–Crippen LogP) is 3.30. The molecule has 3 rings (SSSR count). The number of benzene rings is 2. The molecule has 0 radical (unpaired) electrons. The predicted molar refractivity (Wildman–Crippen MR) is 93.1 cm³/mol. The van der Waals surface area contributed by atoms with Crippen LogP contribution in [0, 0.1) is 5.82 Å². The van der Waals surface area contributed by atoms with Gasteiger partial charge in [-0.15, -0.1) is 11.3 Å². The number of hydrogen-bond donors (Lipinski definition) is 1. The minimum Gasteiger partial charge on any atom is -0.550 e. The maximum Gasteiger partial charge on any atom is 0.263 e. The fourth-order valence-electron chi connectivity index (χ4n) is 2.50. The van der Waals surface area contributed by atoms with Crippen molar-refractivity contribution in [3.8, 4) is 0 Å². The number of rotatable bonds is 5. The maximum atomic E-state index is 13.1. The Morgan fingerprint density at radius 2 is 1.84 bits per heavy atom. The minimum atomic E-state index is -1.32. The van der Waals surface area contributed by atoms with Crippen LogP contribution in [0.25, 0.3) is 10.1 Å². The molecule has 1 heterocycles. The summed E-state index contributed by atoms with van der Waals surface area (Å²) < 4.78 is 13.9. The Labute approximate surface area is 151 Å². The number of nitrogens with one attached hydrogen (secondary N) is 1. The summed E-state index contributed by atoms with van der Waals surface area (Å²) >= 11 is 7.50. The highest BCUT2D eigenvalue weighted by molar-refractivity contribution is 7.21. The Kier molecular flexibility index (Phi) is 5.01. The van der Waals surface area contributed by atoms with Crippen LogP contribution in [0.3, 0.4) is 0 Å². The standard InChI is InChI=1S/C18H13ClFNO3S/c19-16-12-3-1-2-4-14(12)25-17(16)18(24)21-13(9-15(22)23)10-5-7-11(20)8-6-10/h1-8,13H,9H2,(H,21,24)(H,22,23)/p-1/t13-/m1/s1. The van der Waals surface area contributed by atoms with Crippen LogP contribution in [0.1, 0.15) is 27.7 Å². The first kappa shape index (κ1) is 17.4. The van der Waals surface area contributed by atoms with E-state index in [-0.39, 0.29) is 0 Å². The van der Waals surface area contributed by atoms with Gasteiger partial charge in [-0.3, -0.25) is 4.79 Å². The van der Waals surface area contributed by atoms with Crippen molar-refractivity contribution in [2.24, 2.45) is 0 Å². The van der Waals surface area contributed by atoms with E-state index in [1.165, 1.54) is 35.6 Å². The summed E-state index contributed by atoms with van der Waals surface area (Å²) in [5, 5.41) is 14.7. The second-order valence-corrected chi connectivity index (χ2v) is 6.83. The molecule has 4 nitrogen and oxygen atoms in total. The summed E-state index contributed by atoms with van der Waals surface area (Å²) in [5.41, 5.74) is 0.469. The highest BCUT2D eigenvalue weighted by Gasteiger charge is 2.21. The van der Waals surface area contributed by atoms with Crippen molar-refractivity contribution in [2.75, 3.05) is 0 Å². The third-order valence-corrected chi connectivity index (χ3v) is 5.36. The number of aliphatic carboxylic acids is 1. The second-order valence-electron chi connectivity index (χ2n) is 5.40. The molecule has 0 spiro atoms. The van der Waals surface area contributed by atoms with E-state index in [9.17, 15) is 19.1 Å². The molecule has 25 heavy (non-hydrogen) atoms. The highest BCUT2D eigenvalue weighted by atomic mass is 35.5. The largest absolute Gasteiger partial charge is 0.550 e. The lowest BCUT2D eigenvalue weighted by atomic mass is 10.0. The van der Waals surface area contributed by atoms with Crippen LogP contribution >= 0.6 is 22.9 Å². The van der Waals surface area contributed by atoms with Gasteiger partial charge in [0.05, 0.1) is 11.1 Å². The maximum absolute atomic E-state index is 13.1. The molecule has 0 aliphatic carbocycles. The summed E-state index contributed by atoms with van der Waals surface area (Å²) in [6.07, 6.45) is -0.431. The summed E-state index contributed by atoms with van der Waals surface area (Å²) in [6, 6.07) is 11.7. The lowest BCUT2D eigenvalue weighted by molar-refractivity contribution is -0.306. The monoisotopic (exact) mass is 376 g/mol. The molecular formula is C18H12ClFNO3S-. The summed E-state index contributed by atoms with van der Waals surface area (Å²) in [5.74, 6) is -2.26. The van der Waals surface area contributed by atoms with Gasteiger partial charge in [0.25, 0.3) is 5.91 Å². The molecule has 1 amide bonds. The SMILES string of the molecule is O=C([O-])C[C@@H](NC(=O)c1sc2ccccc2c1Cl)c1ccc(F)cc1. The normalized spacial score (nSPS) is 12.1. The summed E-state index contributed by atoms with van der Waals surface area (Å²) in [6.45, 7) is 0. The molecule has 0 saturated heterocycles. The number of hydrogen-bond acceptors (Lipinski definition) is 4. The Morgan fingerprint density at radius 3 is 2.48 bits per heavy atom. The van der Waals surface area contributed by atoms with Gasteiger partial charge in [-0.05, 0) is 23.8 Å². The molecule has 2 aromatic carbocycles. The molecular weight excluding hydrogens is 365 g/mol. The zero-order valence-electron chi connectivity index (χ0n) is 12.8. The Balaban J connectivity index is 1.90. The molecule has 0 aliphatic rings. The zero-order valence-corrected chi connectivity index (χ0v) is 14.4. The molecule has 3 aromatic rings. The molecule has 0 unspecified atom stereocenters. The van der Waals surface area contributed by atoms with E-state index in [2.05, 4.69) is 5.32 Å². The van der Waals surface area contributed by atoms with E-state index < -0.39 is 30.2 Å². The van der Waals surface area contributed by atoms with E-state index in [0.717, 1.165) is 10.1 Å². The first-order valence-electron chi connectivity index (χ1n) is 7.39. The van der Waals surface area contributed by atoms with Gasteiger partial charge < -0.3 is 15.2 Å². The molecule has 0 bridgehead atoms. The van der Waals surface area contributed by atoms with Crippen molar-refractivity contribution in [3.05, 3.63) is 69.8 Å². The van der Waals surface area contributed by atoms with E-state index >= 15 is 0 Å². The Morgan fingerprint density at radius 1 is 1.16 bits per heavy atom. The number of halogens is 2. The second kappa shape index (κ2) is 7.21. The van der Waals surface area contributed by atoms with Crippen LogP contribution in [0.5, 0.6) is 0 Å². The Bertz CT molecular complexity index is 939. The number of carbonyl (C=O) groups is 2. The van der Waals surface area contributed by atoms with E-state index in [1.54, 1.807) is 0 Å². The smallest absolute Gasteiger partial charge is 0.263 e. The first-order valence-corrected chi connectivity index (χ1v) is 8.58. The average Bonchev–Trinajstić information content (AvgIpc) is 2.92. The highest BCUT2D eigenvalue weighted by Crippen LogP contribution is 2.35. The third-order valence-electron chi connectivity index (χ3n) is 3.69. The molecule has 128 valence electrons. The van der Waals surface area contributed by atoms with Gasteiger partial charge in [-0.2, -0.15) is 0 Å².